The summed E-state index contributed by atoms with van der Waals surface area (Å²) >= 11 is 0. The van der Waals surface area contributed by atoms with E-state index in [2.05, 4.69) is 5.32 Å². The quantitative estimate of drug-likeness (QED) is 0.583. The van der Waals surface area contributed by atoms with Crippen molar-refractivity contribution in [2.45, 2.75) is 51.8 Å². The van der Waals surface area contributed by atoms with Gasteiger partial charge >= 0.3 is 5.97 Å². The van der Waals surface area contributed by atoms with Crippen molar-refractivity contribution in [2.75, 3.05) is 0 Å². The van der Waals surface area contributed by atoms with Crippen LogP contribution < -0.4 is 10.1 Å². The molecule has 2 aliphatic rings. The van der Waals surface area contributed by atoms with Crippen LogP contribution >= 0.6 is 0 Å². The third-order valence-electron chi connectivity index (χ3n) is 5.22. The summed E-state index contributed by atoms with van der Waals surface area (Å²) in [5.41, 5.74) is 1.12. The van der Waals surface area contributed by atoms with E-state index in [0.717, 1.165) is 5.56 Å². The number of carbonyl (C=O) groups is 4. The van der Waals surface area contributed by atoms with Crippen LogP contribution in [0.3, 0.4) is 0 Å². The summed E-state index contributed by atoms with van der Waals surface area (Å²) in [6.07, 6.45) is 0.530. The van der Waals surface area contributed by atoms with Crippen LogP contribution in [0.15, 0.2) is 42.5 Å². The average molecular weight is 436 g/mol. The Labute approximate surface area is 185 Å². The third-order valence-corrected chi connectivity index (χ3v) is 5.22. The van der Waals surface area contributed by atoms with Crippen molar-refractivity contribution >= 4 is 23.7 Å². The number of rotatable bonds is 4. The molecule has 0 spiro atoms. The molecule has 0 aromatic heterocycles. The smallest absolute Gasteiger partial charge is 0.338 e. The van der Waals surface area contributed by atoms with E-state index in [1.54, 1.807) is 42.5 Å². The molecule has 1 unspecified atom stereocenters. The first kappa shape index (κ1) is 21.5. The molecule has 8 heteroatoms. The number of piperidine rings is 1. The van der Waals surface area contributed by atoms with Gasteiger partial charge in [0.05, 0.1) is 5.56 Å². The minimum absolute atomic E-state index is 0.212. The lowest BCUT2D eigenvalue weighted by atomic mass is 10.0. The van der Waals surface area contributed by atoms with Gasteiger partial charge in [0.25, 0.3) is 5.91 Å². The highest BCUT2D eigenvalue weighted by atomic mass is 16.6. The van der Waals surface area contributed by atoms with Gasteiger partial charge in [0.15, 0.2) is 0 Å². The minimum atomic E-state index is -0.655. The van der Waals surface area contributed by atoms with Crippen molar-refractivity contribution in [2.24, 2.45) is 0 Å². The van der Waals surface area contributed by atoms with Gasteiger partial charge in [0.2, 0.25) is 11.8 Å². The Kier molecular flexibility index (Phi) is 5.46. The molecule has 1 saturated heterocycles. The molecule has 2 aromatic carbocycles. The second kappa shape index (κ2) is 8.11. The zero-order valence-electron chi connectivity index (χ0n) is 18.1. The number of imide groups is 1. The summed E-state index contributed by atoms with van der Waals surface area (Å²) in [6.45, 7) is 5.70. The molecule has 1 N–H and O–H groups in total. The number of ether oxygens (including phenoxy) is 2. The molecule has 4 rings (SSSR count). The van der Waals surface area contributed by atoms with Crippen LogP contribution in [-0.4, -0.2) is 40.2 Å². The van der Waals surface area contributed by atoms with E-state index in [-0.39, 0.29) is 24.8 Å². The van der Waals surface area contributed by atoms with E-state index in [0.29, 0.717) is 29.0 Å². The molecule has 2 aliphatic heterocycles. The number of hydrogen-bond donors (Lipinski definition) is 1. The fraction of sp³-hybridized carbons (Fsp3) is 0.333. The molecule has 0 radical (unpaired) electrons. The fourth-order valence-electron chi connectivity index (χ4n) is 3.75. The monoisotopic (exact) mass is 436 g/mol. The van der Waals surface area contributed by atoms with Crippen LogP contribution in [-0.2, 0) is 20.9 Å². The number of nitrogens with one attached hydrogen (secondary N) is 1. The van der Waals surface area contributed by atoms with E-state index in [1.807, 2.05) is 20.8 Å². The van der Waals surface area contributed by atoms with E-state index in [4.69, 9.17) is 9.47 Å². The first-order chi connectivity index (χ1) is 15.1. The van der Waals surface area contributed by atoms with E-state index in [9.17, 15) is 19.2 Å². The second-order valence-electron chi connectivity index (χ2n) is 8.85. The molecule has 2 aromatic rings. The van der Waals surface area contributed by atoms with Gasteiger partial charge in [0, 0.05) is 18.5 Å². The van der Waals surface area contributed by atoms with Crippen LogP contribution in [0.25, 0.3) is 0 Å². The van der Waals surface area contributed by atoms with E-state index >= 15 is 0 Å². The van der Waals surface area contributed by atoms with Gasteiger partial charge in [0.1, 0.15) is 23.1 Å². The van der Waals surface area contributed by atoms with E-state index < -0.39 is 23.5 Å². The number of fused-ring (bicyclic) bond motifs is 1. The van der Waals surface area contributed by atoms with Gasteiger partial charge in [-0.3, -0.25) is 19.7 Å². The number of carbonyl (C=O) groups excluding carboxylic acids is 4. The van der Waals surface area contributed by atoms with Crippen molar-refractivity contribution in [1.29, 1.82) is 0 Å². The summed E-state index contributed by atoms with van der Waals surface area (Å²) in [4.78, 5) is 50.0. The lowest BCUT2D eigenvalue weighted by molar-refractivity contribution is -0.136. The molecule has 8 nitrogen and oxygen atoms in total. The molecular formula is C24H24N2O6. The maximum Gasteiger partial charge on any atom is 0.338 e. The van der Waals surface area contributed by atoms with Crippen LogP contribution in [0.4, 0.5) is 0 Å². The molecule has 1 atom stereocenters. The lowest BCUT2D eigenvalue weighted by Crippen LogP contribution is -2.52. The number of benzene rings is 2. The molecule has 32 heavy (non-hydrogen) atoms. The standard InChI is InChI=1S/C24H24N2O6/c1-24(2,3)32-23(30)14-4-6-16(7-5-14)31-17-8-9-18-15(12-17)13-26(22(18)29)19-10-11-20(27)25-21(19)28/h4-9,12,19H,10-11,13H2,1-3H3,(H,25,27,28). The van der Waals surface area contributed by atoms with Crippen molar-refractivity contribution < 1.29 is 28.7 Å². The number of hydrogen-bond acceptors (Lipinski definition) is 6. The predicted octanol–water partition coefficient (Wildman–Crippen LogP) is 3.20. The molecule has 0 saturated carbocycles. The highest BCUT2D eigenvalue weighted by Gasteiger charge is 2.39. The zero-order chi connectivity index (χ0) is 23.0. The van der Waals surface area contributed by atoms with Gasteiger partial charge in [-0.25, -0.2) is 4.79 Å². The normalized spacial score (nSPS) is 18.3. The van der Waals surface area contributed by atoms with Gasteiger partial charge in [-0.1, -0.05) is 0 Å². The fourth-order valence-corrected chi connectivity index (χ4v) is 3.75. The third kappa shape index (κ3) is 4.49. The Bertz CT molecular complexity index is 1100. The van der Waals surface area contributed by atoms with Crippen molar-refractivity contribution in [3.8, 4) is 11.5 Å². The highest BCUT2D eigenvalue weighted by molar-refractivity contribution is 6.05. The lowest BCUT2D eigenvalue weighted by Gasteiger charge is -2.29. The Hall–Kier alpha value is -3.68. The van der Waals surface area contributed by atoms with Gasteiger partial charge in [-0.15, -0.1) is 0 Å². The van der Waals surface area contributed by atoms with Crippen LogP contribution in [0.5, 0.6) is 11.5 Å². The first-order valence-electron chi connectivity index (χ1n) is 10.4. The molecule has 0 aliphatic carbocycles. The van der Waals surface area contributed by atoms with Crippen molar-refractivity contribution in [1.82, 2.24) is 10.2 Å². The molecule has 0 bridgehead atoms. The maximum absolute atomic E-state index is 12.8. The SMILES string of the molecule is CC(C)(C)OC(=O)c1ccc(Oc2ccc3c(c2)CN(C2CCC(=O)NC2=O)C3=O)cc1. The summed E-state index contributed by atoms with van der Waals surface area (Å²) in [5.74, 6) is -0.334. The first-order valence-corrected chi connectivity index (χ1v) is 10.4. The number of amides is 3. The molecular weight excluding hydrogens is 412 g/mol. The van der Waals surface area contributed by atoms with Crippen molar-refractivity contribution in [3.63, 3.8) is 0 Å². The highest BCUT2D eigenvalue weighted by Crippen LogP contribution is 2.32. The predicted molar refractivity (Wildman–Crippen MR) is 114 cm³/mol. The molecule has 2 heterocycles. The van der Waals surface area contributed by atoms with Crippen LogP contribution in [0, 0.1) is 0 Å². The summed E-state index contributed by atoms with van der Waals surface area (Å²) in [7, 11) is 0. The summed E-state index contributed by atoms with van der Waals surface area (Å²) < 4.78 is 11.2. The summed E-state index contributed by atoms with van der Waals surface area (Å²) in [6, 6.07) is 11.1. The van der Waals surface area contributed by atoms with Crippen molar-refractivity contribution in [3.05, 3.63) is 59.2 Å². The Morgan fingerprint density at radius 1 is 1.03 bits per heavy atom. The maximum atomic E-state index is 12.8. The Balaban J connectivity index is 1.45. The molecule has 166 valence electrons. The van der Waals surface area contributed by atoms with Crippen LogP contribution in [0.1, 0.15) is 59.9 Å². The average Bonchev–Trinajstić information content (AvgIpc) is 3.03. The Morgan fingerprint density at radius 2 is 1.72 bits per heavy atom. The minimum Gasteiger partial charge on any atom is -0.457 e. The van der Waals surface area contributed by atoms with Gasteiger partial charge in [-0.2, -0.15) is 0 Å². The number of esters is 1. The molecule has 1 fully saturated rings. The van der Waals surface area contributed by atoms with Crippen LogP contribution in [0.2, 0.25) is 0 Å². The van der Waals surface area contributed by atoms with Gasteiger partial charge < -0.3 is 14.4 Å². The number of nitrogens with zero attached hydrogens (tertiary/aromatic N) is 1. The zero-order valence-corrected chi connectivity index (χ0v) is 18.1. The molecule has 3 amide bonds. The van der Waals surface area contributed by atoms with Gasteiger partial charge in [-0.05, 0) is 75.2 Å². The Morgan fingerprint density at radius 3 is 2.38 bits per heavy atom. The second-order valence-corrected chi connectivity index (χ2v) is 8.85. The largest absolute Gasteiger partial charge is 0.457 e. The summed E-state index contributed by atoms with van der Waals surface area (Å²) in [5, 5.41) is 2.29. The van der Waals surface area contributed by atoms with E-state index in [1.165, 1.54) is 4.90 Å². The topological polar surface area (TPSA) is 102 Å².